The summed E-state index contributed by atoms with van der Waals surface area (Å²) in [4.78, 5) is 48.6. The molecule has 6 rings (SSSR count). The highest BCUT2D eigenvalue weighted by molar-refractivity contribution is 6.08. The van der Waals surface area contributed by atoms with E-state index in [0.29, 0.717) is 25.9 Å². The molecule has 1 N–H and O–H groups in total. The monoisotopic (exact) mass is 555 g/mol. The van der Waals surface area contributed by atoms with Gasteiger partial charge >= 0.3 is 0 Å². The molecule has 2 saturated heterocycles. The van der Waals surface area contributed by atoms with Gasteiger partial charge in [-0.25, -0.2) is 0 Å². The lowest BCUT2D eigenvalue weighted by Gasteiger charge is -2.38. The Morgan fingerprint density at radius 3 is 2.37 bits per heavy atom. The highest BCUT2D eigenvalue weighted by Gasteiger charge is 2.75. The Morgan fingerprint density at radius 2 is 1.63 bits per heavy atom. The van der Waals surface area contributed by atoms with Crippen LogP contribution in [0.15, 0.2) is 72.8 Å². The first-order chi connectivity index (χ1) is 19.8. The van der Waals surface area contributed by atoms with Gasteiger partial charge in [-0.05, 0) is 56.0 Å². The van der Waals surface area contributed by atoms with Gasteiger partial charge in [0.2, 0.25) is 11.8 Å². The molecule has 2 aromatic carbocycles. The highest BCUT2D eigenvalue weighted by Crippen LogP contribution is 2.58. The van der Waals surface area contributed by atoms with E-state index < -0.39 is 29.1 Å². The summed E-state index contributed by atoms with van der Waals surface area (Å²) < 4.78 is 7.03. The molecule has 0 radical (unpaired) electrons. The van der Waals surface area contributed by atoms with E-state index in [1.165, 1.54) is 0 Å². The van der Waals surface area contributed by atoms with Crippen LogP contribution in [0, 0.1) is 25.7 Å². The number of likely N-dealkylation sites (tertiary alicyclic amines) is 1. The zero-order valence-corrected chi connectivity index (χ0v) is 23.8. The van der Waals surface area contributed by atoms with Crippen molar-refractivity contribution >= 4 is 29.1 Å². The second-order valence-corrected chi connectivity index (χ2v) is 11.6. The van der Waals surface area contributed by atoms with E-state index in [-0.39, 0.29) is 30.9 Å². The van der Waals surface area contributed by atoms with Gasteiger partial charge in [0.15, 0.2) is 0 Å². The number of aryl methyl sites for hydroxylation is 2. The number of rotatable bonds is 6. The lowest BCUT2D eigenvalue weighted by molar-refractivity contribution is -0.145. The van der Waals surface area contributed by atoms with Gasteiger partial charge < -0.3 is 24.5 Å². The van der Waals surface area contributed by atoms with Crippen LogP contribution in [0.5, 0.6) is 0 Å². The quantitative estimate of drug-likeness (QED) is 0.551. The number of aliphatic hydroxyl groups is 1. The molecule has 8 nitrogen and oxygen atoms in total. The average molecular weight is 556 g/mol. The van der Waals surface area contributed by atoms with Gasteiger partial charge in [-0.3, -0.25) is 14.4 Å². The van der Waals surface area contributed by atoms with Crippen LogP contribution in [0.25, 0.3) is 0 Å². The second kappa shape index (κ2) is 10.3. The van der Waals surface area contributed by atoms with Crippen LogP contribution in [0.2, 0.25) is 0 Å². The van der Waals surface area contributed by atoms with Gasteiger partial charge in [0.25, 0.3) is 5.91 Å². The second-order valence-electron chi connectivity index (χ2n) is 11.6. The van der Waals surface area contributed by atoms with Crippen molar-refractivity contribution in [3.8, 4) is 0 Å². The van der Waals surface area contributed by atoms with Gasteiger partial charge in [0.05, 0.1) is 17.4 Å². The Kier molecular flexibility index (Phi) is 6.86. The summed E-state index contributed by atoms with van der Waals surface area (Å²) >= 11 is 0. The standard InChI is InChI=1S/C33H37N3O5/c1-4-32-15-8-17-34(24-11-6-5-7-12-24)29(38)26(32)27-30(39)36(19-10-20-37)28-31(40)35(18-9-16-33(27,28)41-32)25-21-22(2)13-14-23(25)3/h5-9,11-16,21,26-28,37H,4,10,17-20H2,1-3H3/t26-,27+,28?,32+,33+/m1/s1. The van der Waals surface area contributed by atoms with Gasteiger partial charge in [0.1, 0.15) is 11.6 Å². The van der Waals surface area contributed by atoms with Crippen molar-refractivity contribution < 1.29 is 24.2 Å². The van der Waals surface area contributed by atoms with Crippen LogP contribution in [0.3, 0.4) is 0 Å². The summed E-state index contributed by atoms with van der Waals surface area (Å²) in [5.41, 5.74) is 1.16. The third-order valence-corrected chi connectivity index (χ3v) is 9.22. The molecule has 0 saturated carbocycles. The summed E-state index contributed by atoms with van der Waals surface area (Å²) in [6, 6.07) is 14.5. The number of hydrogen-bond acceptors (Lipinski definition) is 5. The number of amides is 3. The smallest absolute Gasteiger partial charge is 0.253 e. The molecule has 4 aliphatic rings. The molecule has 5 atom stereocenters. The average Bonchev–Trinajstić information content (AvgIpc) is 3.26. The minimum absolute atomic E-state index is 0.120. The van der Waals surface area contributed by atoms with Crippen molar-refractivity contribution in [3.05, 3.63) is 84.0 Å². The first-order valence-corrected chi connectivity index (χ1v) is 14.5. The van der Waals surface area contributed by atoms with Crippen molar-refractivity contribution in [2.45, 2.75) is 50.9 Å². The molecular formula is C33H37N3O5. The fourth-order valence-electron chi connectivity index (χ4n) is 7.31. The number of para-hydroxylation sites is 1. The van der Waals surface area contributed by atoms with Crippen molar-refractivity contribution in [1.29, 1.82) is 0 Å². The summed E-state index contributed by atoms with van der Waals surface area (Å²) in [7, 11) is 0. The van der Waals surface area contributed by atoms with Gasteiger partial charge in [-0.2, -0.15) is 0 Å². The molecule has 41 heavy (non-hydrogen) atoms. The number of aliphatic hydroxyl groups excluding tert-OH is 1. The molecule has 0 aromatic heterocycles. The van der Waals surface area contributed by atoms with Crippen molar-refractivity contribution in [3.63, 3.8) is 0 Å². The fourth-order valence-corrected chi connectivity index (χ4v) is 7.31. The number of benzene rings is 2. The van der Waals surface area contributed by atoms with Crippen LogP contribution in [-0.4, -0.2) is 71.2 Å². The van der Waals surface area contributed by atoms with E-state index in [1.54, 1.807) is 14.7 Å². The first-order valence-electron chi connectivity index (χ1n) is 14.5. The number of carbonyl (C=O) groups is 3. The number of anilines is 2. The van der Waals surface area contributed by atoms with Crippen LogP contribution in [0.1, 0.15) is 30.9 Å². The summed E-state index contributed by atoms with van der Waals surface area (Å²) in [6.45, 7) is 6.69. The predicted octanol–water partition coefficient (Wildman–Crippen LogP) is 3.55. The molecule has 214 valence electrons. The van der Waals surface area contributed by atoms with Gasteiger partial charge in [0, 0.05) is 37.6 Å². The third-order valence-electron chi connectivity index (χ3n) is 9.22. The largest absolute Gasteiger partial charge is 0.396 e. The Balaban J connectivity index is 1.50. The summed E-state index contributed by atoms with van der Waals surface area (Å²) in [5, 5.41) is 9.69. The Labute approximate surface area is 240 Å². The lowest BCUT2D eigenvalue weighted by Crippen LogP contribution is -2.56. The SMILES string of the molecule is CC[C@]12C=CCN(c3ccccc3)C(=O)[C@H]1[C@H]1C(=O)N(CCCO)C3C(=O)N(c4cc(C)ccc4C)CC=C[C@@]31O2. The fraction of sp³-hybridized carbons (Fsp3) is 0.424. The molecule has 1 unspecified atom stereocenters. The molecule has 4 aliphatic heterocycles. The zero-order chi connectivity index (χ0) is 28.9. The van der Waals surface area contributed by atoms with E-state index in [4.69, 9.17) is 4.74 Å². The molecule has 3 amide bonds. The summed E-state index contributed by atoms with van der Waals surface area (Å²) in [5.74, 6) is -2.40. The maximum atomic E-state index is 14.6. The number of carbonyl (C=O) groups excluding carboxylic acids is 3. The van der Waals surface area contributed by atoms with E-state index in [2.05, 4.69) is 0 Å². The van der Waals surface area contributed by atoms with Crippen LogP contribution in [-0.2, 0) is 19.1 Å². The van der Waals surface area contributed by atoms with Gasteiger partial charge in [-0.15, -0.1) is 0 Å². The Bertz CT molecular complexity index is 1440. The first kappa shape index (κ1) is 27.4. The number of ether oxygens (including phenoxy) is 1. The molecule has 2 fully saturated rings. The highest BCUT2D eigenvalue weighted by atomic mass is 16.5. The number of hydrogen-bond donors (Lipinski definition) is 1. The minimum atomic E-state index is -1.32. The molecule has 2 aromatic rings. The third kappa shape index (κ3) is 4.07. The normalized spacial score (nSPS) is 30.8. The Morgan fingerprint density at radius 1 is 0.902 bits per heavy atom. The maximum Gasteiger partial charge on any atom is 0.253 e. The van der Waals surface area contributed by atoms with Crippen LogP contribution < -0.4 is 9.80 Å². The summed E-state index contributed by atoms with van der Waals surface area (Å²) in [6.07, 6.45) is 8.47. The molecule has 0 bridgehead atoms. The van der Waals surface area contributed by atoms with Crippen molar-refractivity contribution in [1.82, 2.24) is 4.90 Å². The van der Waals surface area contributed by atoms with E-state index in [1.807, 2.05) is 93.6 Å². The molecule has 4 heterocycles. The molecular weight excluding hydrogens is 518 g/mol. The number of fused-ring (bicyclic) bond motifs is 2. The topological polar surface area (TPSA) is 90.4 Å². The molecule has 8 heteroatoms. The Hall–Kier alpha value is -3.75. The van der Waals surface area contributed by atoms with E-state index >= 15 is 0 Å². The zero-order valence-electron chi connectivity index (χ0n) is 23.8. The van der Waals surface area contributed by atoms with Crippen molar-refractivity contribution in [2.75, 3.05) is 36.0 Å². The maximum absolute atomic E-state index is 14.6. The lowest BCUT2D eigenvalue weighted by atomic mass is 9.73. The van der Waals surface area contributed by atoms with Crippen molar-refractivity contribution in [2.24, 2.45) is 11.8 Å². The minimum Gasteiger partial charge on any atom is -0.396 e. The molecule has 1 spiro atoms. The van der Waals surface area contributed by atoms with E-state index in [0.717, 1.165) is 22.5 Å². The number of nitrogens with zero attached hydrogens (tertiary/aromatic N) is 3. The van der Waals surface area contributed by atoms with E-state index in [9.17, 15) is 19.5 Å². The molecule has 0 aliphatic carbocycles. The van der Waals surface area contributed by atoms with Crippen LogP contribution in [0.4, 0.5) is 11.4 Å². The predicted molar refractivity (Wildman–Crippen MR) is 156 cm³/mol. The van der Waals surface area contributed by atoms with Gasteiger partial charge in [-0.1, -0.05) is 61.6 Å². The van der Waals surface area contributed by atoms with Crippen LogP contribution >= 0.6 is 0 Å².